The summed E-state index contributed by atoms with van der Waals surface area (Å²) in [6.45, 7) is 4.34. The van der Waals surface area contributed by atoms with Gasteiger partial charge in [-0.25, -0.2) is 4.39 Å². The van der Waals surface area contributed by atoms with Crippen LogP contribution >= 0.6 is 0 Å². The van der Waals surface area contributed by atoms with Gasteiger partial charge in [0.1, 0.15) is 5.82 Å². The van der Waals surface area contributed by atoms with Gasteiger partial charge in [0, 0.05) is 49.0 Å². The van der Waals surface area contributed by atoms with Crippen LogP contribution in [0.5, 0.6) is 0 Å². The fourth-order valence-corrected chi connectivity index (χ4v) is 3.93. The quantitative estimate of drug-likeness (QED) is 0.579. The number of carbonyl (C=O) groups is 2. The second kappa shape index (κ2) is 10.3. The van der Waals surface area contributed by atoms with E-state index in [9.17, 15) is 14.0 Å². The predicted octanol–water partition coefficient (Wildman–Crippen LogP) is 4.64. The summed E-state index contributed by atoms with van der Waals surface area (Å²) in [5.41, 5.74) is 2.92. The number of pyridine rings is 1. The number of carbonyl (C=O) groups excluding carboxylic acids is 2. The first kappa shape index (κ1) is 22.5. The fourth-order valence-electron chi connectivity index (χ4n) is 3.93. The Hall–Kier alpha value is -3.74. The number of benzene rings is 2. The number of nitrogens with one attached hydrogen (secondary N) is 2. The molecule has 6 nitrogen and oxygen atoms in total. The summed E-state index contributed by atoms with van der Waals surface area (Å²) in [6.07, 6.45) is 5.53. The Morgan fingerprint density at radius 1 is 1.06 bits per heavy atom. The van der Waals surface area contributed by atoms with Crippen molar-refractivity contribution in [1.82, 2.24) is 10.3 Å². The molecule has 0 radical (unpaired) electrons. The highest BCUT2D eigenvalue weighted by molar-refractivity contribution is 6.06. The number of aromatic nitrogens is 1. The number of hydrogen-bond acceptors (Lipinski definition) is 4. The molecule has 1 aliphatic rings. The van der Waals surface area contributed by atoms with Gasteiger partial charge in [0.2, 0.25) is 0 Å². The summed E-state index contributed by atoms with van der Waals surface area (Å²) in [6, 6.07) is 14.6. The van der Waals surface area contributed by atoms with Gasteiger partial charge in [-0.15, -0.1) is 0 Å². The molecule has 1 aliphatic heterocycles. The molecule has 33 heavy (non-hydrogen) atoms. The van der Waals surface area contributed by atoms with Crippen LogP contribution in [0.1, 0.15) is 46.0 Å². The standard InChI is InChI=1S/C26H27FN4O2/c1-18-9-12-31(13-10-18)24-8-7-22(30-25(32)20-5-2-6-21(27)14-20)15-23(24)26(33)29-17-19-4-3-11-28-16-19/h2-8,11,14-16,18H,9-10,12-13,17H2,1H3,(H,29,33)(H,30,32). The highest BCUT2D eigenvalue weighted by Gasteiger charge is 2.22. The van der Waals surface area contributed by atoms with Crippen LogP contribution in [0.3, 0.4) is 0 Å². The molecule has 2 heterocycles. The van der Waals surface area contributed by atoms with E-state index >= 15 is 0 Å². The van der Waals surface area contributed by atoms with Crippen molar-refractivity contribution in [3.8, 4) is 0 Å². The van der Waals surface area contributed by atoms with Crippen molar-refractivity contribution in [2.75, 3.05) is 23.3 Å². The average molecular weight is 447 g/mol. The number of anilines is 2. The molecule has 2 N–H and O–H groups in total. The summed E-state index contributed by atoms with van der Waals surface area (Å²) in [4.78, 5) is 32.1. The molecule has 0 saturated carbocycles. The zero-order chi connectivity index (χ0) is 23.2. The molecule has 1 fully saturated rings. The predicted molar refractivity (Wildman–Crippen MR) is 127 cm³/mol. The maximum Gasteiger partial charge on any atom is 0.255 e. The second-order valence-electron chi connectivity index (χ2n) is 8.41. The molecule has 4 rings (SSSR count). The summed E-state index contributed by atoms with van der Waals surface area (Å²) in [7, 11) is 0. The minimum Gasteiger partial charge on any atom is -0.371 e. The number of hydrogen-bond donors (Lipinski definition) is 2. The van der Waals surface area contributed by atoms with Crippen molar-refractivity contribution in [3.63, 3.8) is 0 Å². The minimum atomic E-state index is -0.479. The molecular formula is C26H27FN4O2. The first-order valence-electron chi connectivity index (χ1n) is 11.1. The van der Waals surface area contributed by atoms with Gasteiger partial charge in [-0.05, 0) is 66.8 Å². The number of piperidine rings is 1. The summed E-state index contributed by atoms with van der Waals surface area (Å²) >= 11 is 0. The van der Waals surface area contributed by atoms with Gasteiger partial charge < -0.3 is 15.5 Å². The molecule has 2 amide bonds. The third kappa shape index (κ3) is 5.74. The van der Waals surface area contributed by atoms with E-state index in [2.05, 4.69) is 27.4 Å². The van der Waals surface area contributed by atoms with Crippen LogP contribution in [0, 0.1) is 11.7 Å². The van der Waals surface area contributed by atoms with Crippen LogP contribution in [-0.4, -0.2) is 29.9 Å². The van der Waals surface area contributed by atoms with Crippen molar-refractivity contribution in [1.29, 1.82) is 0 Å². The van der Waals surface area contributed by atoms with Crippen LogP contribution in [-0.2, 0) is 6.54 Å². The highest BCUT2D eigenvalue weighted by Crippen LogP contribution is 2.29. The van der Waals surface area contributed by atoms with Crippen molar-refractivity contribution in [3.05, 3.63) is 89.5 Å². The molecule has 1 aromatic heterocycles. The lowest BCUT2D eigenvalue weighted by molar-refractivity contribution is 0.0950. The lowest BCUT2D eigenvalue weighted by atomic mass is 9.97. The van der Waals surface area contributed by atoms with Gasteiger partial charge in [-0.2, -0.15) is 0 Å². The largest absolute Gasteiger partial charge is 0.371 e. The van der Waals surface area contributed by atoms with Crippen molar-refractivity contribution in [2.45, 2.75) is 26.3 Å². The molecule has 0 spiro atoms. The van der Waals surface area contributed by atoms with E-state index in [1.165, 1.54) is 18.2 Å². The maximum absolute atomic E-state index is 13.5. The van der Waals surface area contributed by atoms with Gasteiger partial charge in [0.05, 0.1) is 5.56 Å². The van der Waals surface area contributed by atoms with E-state index in [4.69, 9.17) is 0 Å². The van der Waals surface area contributed by atoms with Crippen LogP contribution < -0.4 is 15.5 Å². The topological polar surface area (TPSA) is 74.3 Å². The zero-order valence-electron chi connectivity index (χ0n) is 18.6. The molecule has 1 saturated heterocycles. The summed E-state index contributed by atoms with van der Waals surface area (Å²) in [5.74, 6) is -0.480. The van der Waals surface area contributed by atoms with Crippen molar-refractivity contribution in [2.24, 2.45) is 5.92 Å². The first-order valence-corrected chi connectivity index (χ1v) is 11.1. The van der Waals surface area contributed by atoms with E-state index in [1.54, 1.807) is 30.6 Å². The van der Waals surface area contributed by atoms with Crippen LogP contribution in [0.25, 0.3) is 0 Å². The van der Waals surface area contributed by atoms with E-state index < -0.39 is 11.7 Å². The first-order chi connectivity index (χ1) is 16.0. The van der Waals surface area contributed by atoms with E-state index in [0.717, 1.165) is 37.2 Å². The van der Waals surface area contributed by atoms with Crippen LogP contribution in [0.2, 0.25) is 0 Å². The lowest BCUT2D eigenvalue weighted by Gasteiger charge is -2.33. The van der Waals surface area contributed by atoms with Crippen molar-refractivity contribution >= 4 is 23.2 Å². The number of halogens is 1. The molecular weight excluding hydrogens is 419 g/mol. The van der Waals surface area contributed by atoms with Gasteiger partial charge in [0.25, 0.3) is 11.8 Å². The Kier molecular flexibility index (Phi) is 6.98. The third-order valence-electron chi connectivity index (χ3n) is 5.89. The Bertz CT molecular complexity index is 1130. The normalized spacial score (nSPS) is 14.1. The van der Waals surface area contributed by atoms with Gasteiger partial charge >= 0.3 is 0 Å². The Labute approximate surface area is 192 Å². The summed E-state index contributed by atoms with van der Waals surface area (Å²) in [5, 5.41) is 5.73. The zero-order valence-corrected chi connectivity index (χ0v) is 18.6. The van der Waals surface area contributed by atoms with Gasteiger partial charge in [0.15, 0.2) is 0 Å². The fraction of sp³-hybridized carbons (Fsp3) is 0.269. The molecule has 0 bridgehead atoms. The lowest BCUT2D eigenvalue weighted by Crippen LogP contribution is -2.35. The molecule has 7 heteroatoms. The Morgan fingerprint density at radius 3 is 2.61 bits per heavy atom. The SMILES string of the molecule is CC1CCN(c2ccc(NC(=O)c3cccc(F)c3)cc2C(=O)NCc2cccnc2)CC1. The van der Waals surface area contributed by atoms with Gasteiger partial charge in [-0.1, -0.05) is 19.1 Å². The number of nitrogens with zero attached hydrogens (tertiary/aromatic N) is 2. The van der Waals surface area contributed by atoms with Gasteiger partial charge in [-0.3, -0.25) is 14.6 Å². The van der Waals surface area contributed by atoms with Crippen LogP contribution in [0.4, 0.5) is 15.8 Å². The number of rotatable bonds is 6. The molecule has 3 aromatic rings. The smallest absolute Gasteiger partial charge is 0.255 e. The molecule has 0 aliphatic carbocycles. The number of amides is 2. The molecule has 2 aromatic carbocycles. The van der Waals surface area contributed by atoms with Crippen LogP contribution in [0.15, 0.2) is 67.0 Å². The maximum atomic E-state index is 13.5. The monoisotopic (exact) mass is 446 g/mol. The molecule has 0 unspecified atom stereocenters. The van der Waals surface area contributed by atoms with E-state index in [0.29, 0.717) is 23.7 Å². The van der Waals surface area contributed by atoms with Crippen molar-refractivity contribution < 1.29 is 14.0 Å². The Balaban J connectivity index is 1.57. The molecule has 170 valence electrons. The van der Waals surface area contributed by atoms with E-state index in [-0.39, 0.29) is 11.5 Å². The second-order valence-corrected chi connectivity index (χ2v) is 8.41. The summed E-state index contributed by atoms with van der Waals surface area (Å²) < 4.78 is 13.5. The average Bonchev–Trinajstić information content (AvgIpc) is 2.84. The van der Waals surface area contributed by atoms with E-state index in [1.807, 2.05) is 18.2 Å². The third-order valence-corrected chi connectivity index (χ3v) is 5.89. The Morgan fingerprint density at radius 2 is 1.88 bits per heavy atom. The molecule has 0 atom stereocenters. The minimum absolute atomic E-state index is 0.215. The highest BCUT2D eigenvalue weighted by atomic mass is 19.1.